The zero-order chi connectivity index (χ0) is 25.1. The third kappa shape index (κ3) is 4.41. The van der Waals surface area contributed by atoms with Gasteiger partial charge in [-0.3, -0.25) is 9.69 Å². The number of primary amides is 1. The Hall–Kier alpha value is -3.18. The van der Waals surface area contributed by atoms with Gasteiger partial charge in [-0.05, 0) is 43.1 Å². The number of amides is 1. The molecule has 1 spiro atoms. The number of hydrogen-bond donors (Lipinski definition) is 2. The quantitative estimate of drug-likeness (QED) is 0.410. The third-order valence-electron chi connectivity index (χ3n) is 7.35. The van der Waals surface area contributed by atoms with Crippen molar-refractivity contribution < 1.29 is 18.0 Å². The molecule has 188 valence electrons. The van der Waals surface area contributed by atoms with Crippen LogP contribution in [0.15, 0.2) is 36.7 Å². The van der Waals surface area contributed by atoms with Crippen molar-refractivity contribution in [3.8, 4) is 0 Å². The average molecular weight is 515 g/mol. The largest absolute Gasteiger partial charge is 0.393 e. The highest BCUT2D eigenvalue weighted by Crippen LogP contribution is 2.43. The van der Waals surface area contributed by atoms with Crippen molar-refractivity contribution >= 4 is 44.2 Å². The van der Waals surface area contributed by atoms with E-state index in [-0.39, 0.29) is 10.3 Å². The van der Waals surface area contributed by atoms with Crippen LogP contribution in [0.4, 0.5) is 19.0 Å². The minimum absolute atomic E-state index is 0.137. The lowest BCUT2D eigenvalue weighted by Gasteiger charge is -2.25. The Balaban J connectivity index is 1.16. The van der Waals surface area contributed by atoms with Gasteiger partial charge in [0.15, 0.2) is 0 Å². The van der Waals surface area contributed by atoms with Crippen molar-refractivity contribution in [2.75, 3.05) is 31.1 Å². The molecule has 0 unspecified atom stereocenters. The first-order valence-corrected chi connectivity index (χ1v) is 12.7. The first-order chi connectivity index (χ1) is 17.2. The normalized spacial score (nSPS) is 20.9. The first kappa shape index (κ1) is 23.2. The van der Waals surface area contributed by atoms with E-state index in [1.165, 1.54) is 11.9 Å². The molecule has 3 N–H and O–H groups in total. The molecule has 7 nitrogen and oxygen atoms in total. The number of anilines is 1. The number of fused-ring (bicyclic) bond motifs is 2. The fourth-order valence-electron chi connectivity index (χ4n) is 5.70. The van der Waals surface area contributed by atoms with Crippen molar-refractivity contribution in [3.05, 3.63) is 52.8 Å². The Kier molecular flexibility index (Phi) is 5.45. The predicted molar refractivity (Wildman–Crippen MR) is 133 cm³/mol. The molecule has 1 aromatic carbocycles. The summed E-state index contributed by atoms with van der Waals surface area (Å²) >= 11 is 1.09. The van der Waals surface area contributed by atoms with Gasteiger partial charge in [0, 0.05) is 47.4 Å². The molecule has 36 heavy (non-hydrogen) atoms. The molecule has 3 aromatic heterocycles. The molecule has 2 aliphatic rings. The van der Waals surface area contributed by atoms with Crippen molar-refractivity contribution in [3.63, 3.8) is 0 Å². The number of thiophene rings is 1. The third-order valence-corrected chi connectivity index (χ3v) is 8.39. The zero-order valence-corrected chi connectivity index (χ0v) is 20.3. The number of alkyl halides is 3. The zero-order valence-electron chi connectivity index (χ0n) is 19.4. The summed E-state index contributed by atoms with van der Waals surface area (Å²) < 4.78 is 38.7. The second-order valence-corrected chi connectivity index (χ2v) is 11.1. The smallest absolute Gasteiger partial charge is 0.364 e. The van der Waals surface area contributed by atoms with Crippen molar-refractivity contribution in [2.24, 2.45) is 11.1 Å². The summed E-state index contributed by atoms with van der Waals surface area (Å²) in [4.78, 5) is 28.8. The van der Waals surface area contributed by atoms with Crippen molar-refractivity contribution in [2.45, 2.75) is 32.0 Å². The van der Waals surface area contributed by atoms with E-state index in [0.717, 1.165) is 73.6 Å². The van der Waals surface area contributed by atoms with Crippen LogP contribution >= 0.6 is 11.3 Å². The van der Waals surface area contributed by atoms with Gasteiger partial charge in [0.2, 0.25) is 0 Å². The summed E-state index contributed by atoms with van der Waals surface area (Å²) in [5.74, 6) is 0.266. The molecule has 2 aliphatic heterocycles. The molecular weight excluding hydrogens is 489 g/mol. The Morgan fingerprint density at radius 3 is 2.78 bits per heavy atom. The molecule has 6 rings (SSSR count). The molecule has 2 saturated heterocycles. The van der Waals surface area contributed by atoms with Crippen molar-refractivity contribution in [1.82, 2.24) is 19.9 Å². The fourth-order valence-corrected chi connectivity index (χ4v) is 6.73. The first-order valence-electron chi connectivity index (χ1n) is 11.9. The van der Waals surface area contributed by atoms with Crippen LogP contribution in [-0.4, -0.2) is 58.1 Å². The van der Waals surface area contributed by atoms with Crippen molar-refractivity contribution in [1.29, 1.82) is 0 Å². The highest BCUT2D eigenvalue weighted by molar-refractivity contribution is 7.18. The van der Waals surface area contributed by atoms with Crippen LogP contribution in [0.1, 0.15) is 33.8 Å². The highest BCUT2D eigenvalue weighted by Gasteiger charge is 2.44. The number of nitrogens with two attached hydrogens (primary N) is 1. The average Bonchev–Trinajstić information content (AvgIpc) is 3.58. The topological polar surface area (TPSA) is 91.1 Å². The summed E-state index contributed by atoms with van der Waals surface area (Å²) in [5.41, 5.74) is 8.00. The molecule has 0 aliphatic carbocycles. The van der Waals surface area contributed by atoms with Gasteiger partial charge in [0.25, 0.3) is 5.91 Å². The lowest BCUT2D eigenvalue weighted by atomic mass is 9.86. The molecule has 2 fully saturated rings. The molecule has 1 amide bonds. The van der Waals surface area contributed by atoms with Crippen LogP contribution in [0.5, 0.6) is 0 Å². The predicted octanol–water partition coefficient (Wildman–Crippen LogP) is 4.48. The number of halogens is 3. The summed E-state index contributed by atoms with van der Waals surface area (Å²) in [7, 11) is 0. The van der Waals surface area contributed by atoms with Crippen LogP contribution in [-0.2, 0) is 13.0 Å². The number of H-pyrrole nitrogens is 1. The van der Waals surface area contributed by atoms with E-state index >= 15 is 0 Å². The van der Waals surface area contributed by atoms with Gasteiger partial charge in [-0.25, -0.2) is 9.97 Å². The maximum atomic E-state index is 12.9. The number of likely N-dealkylation sites (tertiary alicyclic amines) is 1. The summed E-state index contributed by atoms with van der Waals surface area (Å²) in [6.45, 7) is 4.41. The van der Waals surface area contributed by atoms with Crippen LogP contribution in [0.3, 0.4) is 0 Å². The van der Waals surface area contributed by atoms with E-state index in [1.807, 2.05) is 6.07 Å². The van der Waals surface area contributed by atoms with Gasteiger partial charge in [-0.2, -0.15) is 13.2 Å². The highest BCUT2D eigenvalue weighted by atomic mass is 32.1. The van der Waals surface area contributed by atoms with Gasteiger partial charge in [-0.15, -0.1) is 11.3 Å². The maximum absolute atomic E-state index is 12.9. The van der Waals surface area contributed by atoms with Crippen LogP contribution < -0.4 is 10.6 Å². The molecule has 0 radical (unpaired) electrons. The number of nitrogens with one attached hydrogen (secondary N) is 1. The minimum Gasteiger partial charge on any atom is -0.364 e. The molecule has 4 aromatic rings. The second kappa shape index (κ2) is 8.45. The van der Waals surface area contributed by atoms with Gasteiger partial charge in [0.1, 0.15) is 22.7 Å². The maximum Gasteiger partial charge on any atom is 0.393 e. The molecule has 0 saturated carbocycles. The van der Waals surface area contributed by atoms with E-state index in [2.05, 4.69) is 36.9 Å². The van der Waals surface area contributed by atoms with Crippen LogP contribution in [0.2, 0.25) is 0 Å². The number of carbonyl (C=O) groups excluding carboxylic acids is 1. The summed E-state index contributed by atoms with van der Waals surface area (Å²) in [5, 5.41) is 1.67. The van der Waals surface area contributed by atoms with Gasteiger partial charge < -0.3 is 15.6 Å². The lowest BCUT2D eigenvalue weighted by molar-refractivity contribution is -0.126. The Morgan fingerprint density at radius 1 is 1.14 bits per heavy atom. The van der Waals surface area contributed by atoms with E-state index in [9.17, 15) is 18.0 Å². The van der Waals surface area contributed by atoms with Crippen LogP contribution in [0.25, 0.3) is 21.1 Å². The molecule has 11 heteroatoms. The standard InChI is InChI=1S/C25H25F3N6OS/c26-25(27,28)10-17-9-18-22(30-14-31-23(18)36-17)34-6-4-24(13-34)3-5-33(12-24)11-15-1-2-16-8-20(21(29)35)32-19(16)7-15/h1-2,7-9,14,32H,3-6,10-13H2,(H2,29,35)/t24-/m0/s1. The SMILES string of the molecule is NC(=O)c1cc2ccc(CN3CC[C@]4(CCN(c5ncnc6sc(CC(F)(F)F)cc56)C4)C3)cc2[nH]1. The molecule has 1 atom stereocenters. The Morgan fingerprint density at radius 2 is 1.97 bits per heavy atom. The van der Waals surface area contributed by atoms with E-state index < -0.39 is 18.5 Å². The Bertz CT molecular complexity index is 1460. The van der Waals surface area contributed by atoms with Crippen LogP contribution in [0, 0.1) is 5.41 Å². The fraction of sp³-hybridized carbons (Fsp3) is 0.400. The molecular formula is C25H25F3N6OS. The number of hydrogen-bond acceptors (Lipinski definition) is 6. The second-order valence-electron chi connectivity index (χ2n) is 10.0. The van der Waals surface area contributed by atoms with E-state index in [0.29, 0.717) is 15.9 Å². The summed E-state index contributed by atoms with van der Waals surface area (Å²) in [6.07, 6.45) is -1.64. The number of benzene rings is 1. The number of nitrogens with zero attached hydrogens (tertiary/aromatic N) is 4. The van der Waals surface area contributed by atoms with E-state index in [4.69, 9.17) is 5.73 Å². The number of rotatable bonds is 5. The van der Waals surface area contributed by atoms with Gasteiger partial charge >= 0.3 is 6.18 Å². The lowest BCUT2D eigenvalue weighted by Crippen LogP contribution is -2.31. The molecule has 0 bridgehead atoms. The van der Waals surface area contributed by atoms with Gasteiger partial charge in [0.05, 0.1) is 11.8 Å². The monoisotopic (exact) mass is 514 g/mol. The van der Waals surface area contributed by atoms with E-state index in [1.54, 1.807) is 12.1 Å². The minimum atomic E-state index is -4.24. The van der Waals surface area contributed by atoms with Gasteiger partial charge in [-0.1, -0.05) is 12.1 Å². The Labute approximate surface area is 209 Å². The summed E-state index contributed by atoms with van der Waals surface area (Å²) in [6, 6.07) is 9.53. The molecule has 5 heterocycles. The number of carbonyl (C=O) groups is 1. The number of aromatic amines is 1. The number of aromatic nitrogens is 3.